The fourth-order valence-electron chi connectivity index (χ4n) is 1.74. The van der Waals surface area contributed by atoms with Gasteiger partial charge in [0.05, 0.1) is 11.2 Å². The first-order valence-electron chi connectivity index (χ1n) is 6.65. The largest absolute Gasteiger partial charge is 0.506 e. The third-order valence-corrected chi connectivity index (χ3v) is 3.56. The molecule has 2 rings (SSSR count). The lowest BCUT2D eigenvalue weighted by Gasteiger charge is -2.06. The number of aromatic hydroxyl groups is 1. The van der Waals surface area contributed by atoms with Crippen molar-refractivity contribution in [3.8, 4) is 11.5 Å². The summed E-state index contributed by atoms with van der Waals surface area (Å²) in [7, 11) is 0. The Morgan fingerprint density at radius 2 is 2.22 bits per heavy atom. The van der Waals surface area contributed by atoms with Gasteiger partial charge < -0.3 is 9.84 Å². The molecular weight excluding hydrogens is 384 g/mol. The number of amides is 1. The van der Waals surface area contributed by atoms with Crippen LogP contribution in [-0.4, -0.2) is 23.8 Å². The lowest BCUT2D eigenvalue weighted by Crippen LogP contribution is -2.24. The number of phenolic OH excluding ortho intramolecular Hbond substituents is 1. The number of ether oxygens (including phenoxy) is 1. The number of hydrogen-bond donors (Lipinski definition) is 2. The molecule has 2 N–H and O–H groups in total. The Balaban J connectivity index is 1.89. The maximum atomic E-state index is 11.7. The molecule has 0 atom stereocenters. The summed E-state index contributed by atoms with van der Waals surface area (Å²) in [5.74, 6) is 0.0905. The molecule has 0 fully saturated rings. The van der Waals surface area contributed by atoms with Crippen LogP contribution in [0.3, 0.4) is 0 Å². The number of nitrogens with one attached hydrogen (secondary N) is 1. The van der Waals surface area contributed by atoms with Gasteiger partial charge >= 0.3 is 0 Å². The summed E-state index contributed by atoms with van der Waals surface area (Å²) in [6.07, 6.45) is 1.30. The normalized spacial score (nSPS) is 10.7. The highest BCUT2D eigenvalue weighted by atomic mass is 79.9. The van der Waals surface area contributed by atoms with Gasteiger partial charge in [0, 0.05) is 10.0 Å². The van der Waals surface area contributed by atoms with Gasteiger partial charge in [-0.15, -0.1) is 0 Å². The molecule has 120 valence electrons. The van der Waals surface area contributed by atoms with Gasteiger partial charge in [-0.1, -0.05) is 39.7 Å². The number of carbonyl (C=O) groups is 1. The first-order chi connectivity index (χ1) is 11.0. The lowest BCUT2D eigenvalue weighted by molar-refractivity contribution is -0.123. The number of hydrazone groups is 1. The summed E-state index contributed by atoms with van der Waals surface area (Å²) >= 11 is 9.10. The standard InChI is InChI=1S/C16H14BrClN2O3/c1-10-3-2-4-13(5-10)23-9-15(21)20-19-8-11-6-12(17)7-14(18)16(11)22/h2-8,22H,9H2,1H3,(H,20,21). The smallest absolute Gasteiger partial charge is 0.277 e. The van der Waals surface area contributed by atoms with Gasteiger partial charge in [-0.2, -0.15) is 5.10 Å². The Labute approximate surface area is 147 Å². The number of nitrogens with zero attached hydrogens (tertiary/aromatic N) is 1. The van der Waals surface area contributed by atoms with Gasteiger partial charge in [0.25, 0.3) is 5.91 Å². The maximum absolute atomic E-state index is 11.7. The number of rotatable bonds is 5. The Hall–Kier alpha value is -2.05. The van der Waals surface area contributed by atoms with E-state index in [4.69, 9.17) is 16.3 Å². The molecule has 0 bridgehead atoms. The fraction of sp³-hybridized carbons (Fsp3) is 0.125. The van der Waals surface area contributed by atoms with E-state index in [0.717, 1.165) is 5.56 Å². The average Bonchev–Trinajstić information content (AvgIpc) is 2.50. The van der Waals surface area contributed by atoms with Crippen molar-refractivity contribution in [2.24, 2.45) is 5.10 Å². The highest BCUT2D eigenvalue weighted by Crippen LogP contribution is 2.30. The van der Waals surface area contributed by atoms with Crippen LogP contribution >= 0.6 is 27.5 Å². The molecule has 0 radical (unpaired) electrons. The summed E-state index contributed by atoms with van der Waals surface area (Å²) in [5, 5.41) is 13.7. The van der Waals surface area contributed by atoms with Crippen molar-refractivity contribution in [2.45, 2.75) is 6.92 Å². The number of phenols is 1. The average molecular weight is 398 g/mol. The van der Waals surface area contributed by atoms with E-state index >= 15 is 0 Å². The van der Waals surface area contributed by atoms with Gasteiger partial charge in [-0.05, 0) is 36.8 Å². The topological polar surface area (TPSA) is 70.9 Å². The van der Waals surface area contributed by atoms with Crippen LogP contribution in [-0.2, 0) is 4.79 Å². The van der Waals surface area contributed by atoms with E-state index in [-0.39, 0.29) is 17.4 Å². The van der Waals surface area contributed by atoms with Gasteiger partial charge in [0.15, 0.2) is 6.61 Å². The summed E-state index contributed by atoms with van der Waals surface area (Å²) < 4.78 is 6.04. The predicted octanol–water partition coefficient (Wildman–Crippen LogP) is 3.65. The van der Waals surface area contributed by atoms with Crippen LogP contribution in [0.25, 0.3) is 0 Å². The molecule has 0 saturated heterocycles. The molecular formula is C16H14BrClN2O3. The third kappa shape index (κ3) is 5.26. The molecule has 0 aliphatic rings. The van der Waals surface area contributed by atoms with Crippen LogP contribution in [0, 0.1) is 6.92 Å². The van der Waals surface area contributed by atoms with Gasteiger partial charge in [-0.25, -0.2) is 5.43 Å². The zero-order valence-electron chi connectivity index (χ0n) is 12.2. The third-order valence-electron chi connectivity index (χ3n) is 2.81. The van der Waals surface area contributed by atoms with Gasteiger partial charge in [0.2, 0.25) is 0 Å². The van der Waals surface area contributed by atoms with E-state index in [2.05, 4.69) is 26.5 Å². The number of carbonyl (C=O) groups excluding carboxylic acids is 1. The molecule has 2 aromatic carbocycles. The summed E-state index contributed by atoms with van der Waals surface area (Å²) in [5.41, 5.74) is 3.74. The second-order valence-corrected chi connectivity index (χ2v) is 6.05. The van der Waals surface area contributed by atoms with E-state index in [0.29, 0.717) is 15.8 Å². The van der Waals surface area contributed by atoms with Crippen molar-refractivity contribution in [3.63, 3.8) is 0 Å². The minimum absolute atomic E-state index is 0.108. The summed E-state index contributed by atoms with van der Waals surface area (Å²) in [4.78, 5) is 11.7. The second kappa shape index (κ2) is 7.99. The van der Waals surface area contributed by atoms with Crippen LogP contribution in [0.4, 0.5) is 0 Å². The minimum Gasteiger partial charge on any atom is -0.506 e. The molecule has 7 heteroatoms. The quantitative estimate of drug-likeness (QED) is 0.598. The van der Waals surface area contributed by atoms with Crippen molar-refractivity contribution in [1.29, 1.82) is 0 Å². The van der Waals surface area contributed by atoms with Crippen molar-refractivity contribution in [2.75, 3.05) is 6.61 Å². The van der Waals surface area contributed by atoms with Gasteiger partial charge in [-0.3, -0.25) is 4.79 Å². The molecule has 2 aromatic rings. The van der Waals surface area contributed by atoms with Crippen molar-refractivity contribution >= 4 is 39.7 Å². The van der Waals surface area contributed by atoms with Crippen LogP contribution in [0.5, 0.6) is 11.5 Å². The van der Waals surface area contributed by atoms with E-state index < -0.39 is 5.91 Å². The Morgan fingerprint density at radius 1 is 1.43 bits per heavy atom. The van der Waals surface area contributed by atoms with E-state index in [9.17, 15) is 9.90 Å². The summed E-state index contributed by atoms with van der Waals surface area (Å²) in [6, 6.07) is 10.6. The van der Waals surface area contributed by atoms with Crippen molar-refractivity contribution in [3.05, 3.63) is 57.0 Å². The van der Waals surface area contributed by atoms with E-state index in [1.54, 1.807) is 18.2 Å². The monoisotopic (exact) mass is 396 g/mol. The van der Waals surface area contributed by atoms with Gasteiger partial charge in [0.1, 0.15) is 11.5 Å². The lowest BCUT2D eigenvalue weighted by atomic mass is 10.2. The molecule has 0 aliphatic heterocycles. The number of halogens is 2. The first-order valence-corrected chi connectivity index (χ1v) is 7.82. The second-order valence-electron chi connectivity index (χ2n) is 4.72. The number of benzene rings is 2. The van der Waals surface area contributed by atoms with Crippen LogP contribution in [0.2, 0.25) is 5.02 Å². The molecule has 0 unspecified atom stereocenters. The zero-order valence-corrected chi connectivity index (χ0v) is 14.6. The molecule has 0 aliphatic carbocycles. The maximum Gasteiger partial charge on any atom is 0.277 e. The highest BCUT2D eigenvalue weighted by molar-refractivity contribution is 9.10. The predicted molar refractivity (Wildman–Crippen MR) is 93.2 cm³/mol. The fourth-order valence-corrected chi connectivity index (χ4v) is 2.58. The van der Waals surface area contributed by atoms with E-state index in [1.807, 2.05) is 25.1 Å². The number of aryl methyl sites for hydroxylation is 1. The minimum atomic E-state index is -0.414. The Bertz CT molecular complexity index is 750. The molecule has 0 spiro atoms. The molecule has 1 amide bonds. The summed E-state index contributed by atoms with van der Waals surface area (Å²) in [6.45, 7) is 1.78. The van der Waals surface area contributed by atoms with Crippen LogP contribution in [0.15, 0.2) is 46.0 Å². The molecule has 5 nitrogen and oxygen atoms in total. The molecule has 23 heavy (non-hydrogen) atoms. The molecule has 0 aromatic heterocycles. The van der Waals surface area contributed by atoms with Crippen molar-refractivity contribution < 1.29 is 14.6 Å². The number of hydrogen-bond acceptors (Lipinski definition) is 4. The Morgan fingerprint density at radius 3 is 2.96 bits per heavy atom. The van der Waals surface area contributed by atoms with E-state index in [1.165, 1.54) is 6.21 Å². The van der Waals surface area contributed by atoms with Crippen molar-refractivity contribution in [1.82, 2.24) is 5.43 Å². The Kier molecular flexibility index (Phi) is 6.01. The molecule has 0 heterocycles. The highest BCUT2D eigenvalue weighted by Gasteiger charge is 2.06. The first kappa shape index (κ1) is 17.3. The van der Waals surface area contributed by atoms with Crippen LogP contribution in [0.1, 0.15) is 11.1 Å². The SMILES string of the molecule is Cc1cccc(OCC(=O)NN=Cc2cc(Br)cc(Cl)c2O)c1. The zero-order chi connectivity index (χ0) is 16.8. The van der Waals surface area contributed by atoms with Crippen LogP contribution < -0.4 is 10.2 Å². The molecule has 0 saturated carbocycles.